The van der Waals surface area contributed by atoms with Crippen LogP contribution in [0.2, 0.25) is 0 Å². The number of hydrogen-bond acceptors (Lipinski definition) is 3. The first-order valence-corrected chi connectivity index (χ1v) is 5.45. The number of halogens is 1. The summed E-state index contributed by atoms with van der Waals surface area (Å²) in [6.45, 7) is 0. The highest BCUT2D eigenvalue weighted by atomic mass is 32.1. The lowest BCUT2D eigenvalue weighted by molar-refractivity contribution is 0.0696. The third-order valence-corrected chi connectivity index (χ3v) is 2.90. The Bertz CT molecular complexity index is 511. The number of carboxylic acids is 1. The average Bonchev–Trinajstić information content (AvgIpc) is 2.73. The lowest BCUT2D eigenvalue weighted by Gasteiger charge is -2.02. The van der Waals surface area contributed by atoms with Crippen molar-refractivity contribution in [1.29, 1.82) is 0 Å². The van der Waals surface area contributed by atoms with E-state index in [2.05, 4.69) is 4.98 Å². The maximum absolute atomic E-state index is 13.4. The van der Waals surface area contributed by atoms with E-state index < -0.39 is 11.8 Å². The summed E-state index contributed by atoms with van der Waals surface area (Å²) in [5.41, 5.74) is 0.447. The Balaban J connectivity index is 2.32. The minimum atomic E-state index is -1.06. The Hall–Kier alpha value is -1.75. The van der Waals surface area contributed by atoms with Crippen molar-refractivity contribution in [2.75, 3.05) is 0 Å². The van der Waals surface area contributed by atoms with Gasteiger partial charge >= 0.3 is 5.97 Å². The van der Waals surface area contributed by atoms with Gasteiger partial charge in [-0.05, 0) is 23.8 Å². The third-order valence-electron chi connectivity index (χ3n) is 2.12. The monoisotopic (exact) mass is 237 g/mol. The van der Waals surface area contributed by atoms with Gasteiger partial charge in [-0.25, -0.2) is 14.2 Å². The molecule has 1 aromatic carbocycles. The van der Waals surface area contributed by atoms with E-state index in [-0.39, 0.29) is 5.56 Å². The summed E-state index contributed by atoms with van der Waals surface area (Å²) < 4.78 is 13.4. The van der Waals surface area contributed by atoms with Crippen molar-refractivity contribution in [3.05, 3.63) is 51.7 Å². The van der Waals surface area contributed by atoms with E-state index in [1.54, 1.807) is 11.6 Å². The molecule has 1 heterocycles. The van der Waals surface area contributed by atoms with E-state index in [0.29, 0.717) is 12.0 Å². The number of thiazole rings is 1. The Labute approximate surface area is 95.2 Å². The summed E-state index contributed by atoms with van der Waals surface area (Å²) in [5, 5.41) is 11.4. The number of rotatable bonds is 3. The largest absolute Gasteiger partial charge is 0.478 e. The fraction of sp³-hybridized carbons (Fsp3) is 0.0909. The van der Waals surface area contributed by atoms with Crippen molar-refractivity contribution in [1.82, 2.24) is 4.98 Å². The van der Waals surface area contributed by atoms with Gasteiger partial charge in [0.25, 0.3) is 0 Å². The van der Waals surface area contributed by atoms with Gasteiger partial charge in [0.2, 0.25) is 0 Å². The first-order valence-electron chi connectivity index (χ1n) is 4.57. The Morgan fingerprint density at radius 3 is 2.94 bits per heavy atom. The van der Waals surface area contributed by atoms with Crippen LogP contribution in [0.4, 0.5) is 4.39 Å². The number of carboxylic acid groups (broad SMARTS) is 1. The van der Waals surface area contributed by atoms with E-state index in [1.807, 2.05) is 0 Å². The van der Waals surface area contributed by atoms with Gasteiger partial charge in [0, 0.05) is 18.0 Å². The summed E-state index contributed by atoms with van der Waals surface area (Å²) >= 11 is 1.42. The zero-order chi connectivity index (χ0) is 11.5. The van der Waals surface area contributed by atoms with Crippen LogP contribution in [-0.4, -0.2) is 16.1 Å². The van der Waals surface area contributed by atoms with Crippen LogP contribution < -0.4 is 0 Å². The van der Waals surface area contributed by atoms with Gasteiger partial charge in [0.1, 0.15) is 5.82 Å². The maximum Gasteiger partial charge on any atom is 0.335 e. The van der Waals surface area contributed by atoms with Crippen molar-refractivity contribution in [3.8, 4) is 0 Å². The number of carbonyl (C=O) groups is 1. The molecule has 0 saturated heterocycles. The van der Waals surface area contributed by atoms with Gasteiger partial charge < -0.3 is 5.11 Å². The molecule has 0 atom stereocenters. The molecule has 0 saturated carbocycles. The molecule has 2 rings (SSSR count). The second-order valence-corrected chi connectivity index (χ2v) is 4.19. The smallest absolute Gasteiger partial charge is 0.335 e. The molecule has 0 unspecified atom stereocenters. The highest BCUT2D eigenvalue weighted by Crippen LogP contribution is 2.16. The quantitative estimate of drug-likeness (QED) is 0.892. The number of nitrogens with zero attached hydrogens (tertiary/aromatic N) is 1. The van der Waals surface area contributed by atoms with Crippen molar-refractivity contribution in [3.63, 3.8) is 0 Å². The van der Waals surface area contributed by atoms with Gasteiger partial charge in [0.05, 0.1) is 10.6 Å². The molecule has 2 aromatic rings. The van der Waals surface area contributed by atoms with Crippen LogP contribution >= 0.6 is 11.3 Å². The van der Waals surface area contributed by atoms with Crippen molar-refractivity contribution in [2.24, 2.45) is 0 Å². The number of benzene rings is 1. The van der Waals surface area contributed by atoms with Gasteiger partial charge in [-0.3, -0.25) is 0 Å². The Kier molecular flexibility index (Phi) is 2.96. The summed E-state index contributed by atoms with van der Waals surface area (Å²) in [6.07, 6.45) is 1.96. The SMILES string of the molecule is O=C(O)c1ccc(F)c(Cc2nccs2)c1. The highest BCUT2D eigenvalue weighted by molar-refractivity contribution is 7.09. The van der Waals surface area contributed by atoms with Crippen LogP contribution in [0.3, 0.4) is 0 Å². The first kappa shape index (κ1) is 10.8. The lowest BCUT2D eigenvalue weighted by Crippen LogP contribution is -2.00. The van der Waals surface area contributed by atoms with Crippen LogP contribution in [-0.2, 0) is 6.42 Å². The zero-order valence-electron chi connectivity index (χ0n) is 8.18. The minimum absolute atomic E-state index is 0.0907. The third kappa shape index (κ3) is 2.25. The van der Waals surface area contributed by atoms with E-state index in [0.717, 1.165) is 5.01 Å². The summed E-state index contributed by atoms with van der Waals surface area (Å²) in [6, 6.07) is 3.77. The Morgan fingerprint density at radius 2 is 2.31 bits per heavy atom. The normalized spacial score (nSPS) is 10.3. The van der Waals surface area contributed by atoms with Crippen LogP contribution in [0.5, 0.6) is 0 Å². The molecular formula is C11H8FNO2S. The van der Waals surface area contributed by atoms with Crippen LogP contribution in [0.25, 0.3) is 0 Å². The average molecular weight is 237 g/mol. The number of hydrogen-bond donors (Lipinski definition) is 1. The van der Waals surface area contributed by atoms with Gasteiger partial charge in [-0.2, -0.15) is 0 Å². The molecule has 5 heteroatoms. The zero-order valence-corrected chi connectivity index (χ0v) is 9.00. The maximum atomic E-state index is 13.4. The molecule has 0 bridgehead atoms. The van der Waals surface area contributed by atoms with Gasteiger partial charge in [-0.15, -0.1) is 11.3 Å². The van der Waals surface area contributed by atoms with Crippen LogP contribution in [0, 0.1) is 5.82 Å². The molecule has 0 aliphatic heterocycles. The standard InChI is InChI=1S/C11H8FNO2S/c12-9-2-1-7(11(14)15)5-8(9)6-10-13-3-4-16-10/h1-5H,6H2,(H,14,15). The summed E-state index contributed by atoms with van der Waals surface area (Å²) in [7, 11) is 0. The van der Waals surface area contributed by atoms with Gasteiger partial charge in [0.15, 0.2) is 0 Å². The Morgan fingerprint density at radius 1 is 1.50 bits per heavy atom. The predicted octanol–water partition coefficient (Wildman–Crippen LogP) is 2.57. The molecule has 1 N–H and O–H groups in total. The predicted molar refractivity (Wildman–Crippen MR) is 58.3 cm³/mol. The molecule has 0 radical (unpaired) electrons. The number of aromatic carboxylic acids is 1. The van der Waals surface area contributed by atoms with Crippen molar-refractivity contribution >= 4 is 17.3 Å². The molecule has 1 aromatic heterocycles. The number of aromatic nitrogens is 1. The minimum Gasteiger partial charge on any atom is -0.478 e. The van der Waals surface area contributed by atoms with Crippen LogP contribution in [0.1, 0.15) is 20.9 Å². The van der Waals surface area contributed by atoms with E-state index in [9.17, 15) is 9.18 Å². The molecular weight excluding hydrogens is 229 g/mol. The summed E-state index contributed by atoms with van der Waals surface area (Å²) in [5.74, 6) is -1.46. The highest BCUT2D eigenvalue weighted by Gasteiger charge is 2.09. The van der Waals surface area contributed by atoms with Crippen LogP contribution in [0.15, 0.2) is 29.8 Å². The fourth-order valence-electron chi connectivity index (χ4n) is 1.35. The lowest BCUT2D eigenvalue weighted by atomic mass is 10.1. The molecule has 0 aliphatic rings. The molecule has 82 valence electrons. The molecule has 3 nitrogen and oxygen atoms in total. The second kappa shape index (κ2) is 4.40. The second-order valence-electron chi connectivity index (χ2n) is 3.21. The van der Waals surface area contributed by atoms with E-state index >= 15 is 0 Å². The topological polar surface area (TPSA) is 50.2 Å². The molecule has 0 fully saturated rings. The molecule has 0 spiro atoms. The fourth-order valence-corrected chi connectivity index (χ4v) is 1.99. The summed E-state index contributed by atoms with van der Waals surface area (Å²) in [4.78, 5) is 14.8. The van der Waals surface area contributed by atoms with Crippen molar-refractivity contribution < 1.29 is 14.3 Å². The van der Waals surface area contributed by atoms with E-state index in [4.69, 9.17) is 5.11 Å². The molecule has 16 heavy (non-hydrogen) atoms. The van der Waals surface area contributed by atoms with Gasteiger partial charge in [-0.1, -0.05) is 0 Å². The first-order chi connectivity index (χ1) is 7.66. The molecule has 0 aliphatic carbocycles. The van der Waals surface area contributed by atoms with Crippen molar-refractivity contribution in [2.45, 2.75) is 6.42 Å². The van der Waals surface area contributed by atoms with E-state index in [1.165, 1.54) is 29.5 Å². The molecule has 0 amide bonds.